The first kappa shape index (κ1) is 16.3. The van der Waals surface area contributed by atoms with Gasteiger partial charge in [-0.3, -0.25) is 9.59 Å². The van der Waals surface area contributed by atoms with E-state index in [9.17, 15) is 9.59 Å². The standard InChI is InChI=1S/C19H22N2O3/c1-12-4-7-14(8-5-12)18-16(10-17(22)21(18)3)19(23)20-11-15-9-6-13(2)24-15/h4-9,16,18H,10-11H2,1-3H3,(H,20,23)/t16-,18-/m1/s1. The smallest absolute Gasteiger partial charge is 0.226 e. The molecule has 0 aliphatic carbocycles. The van der Waals surface area contributed by atoms with Crippen molar-refractivity contribution in [1.29, 1.82) is 0 Å². The van der Waals surface area contributed by atoms with Crippen LogP contribution in [0.3, 0.4) is 0 Å². The molecule has 3 rings (SSSR count). The molecule has 0 unspecified atom stereocenters. The second-order valence-electron chi connectivity index (χ2n) is 6.40. The van der Waals surface area contributed by atoms with Crippen LogP contribution in [0.5, 0.6) is 0 Å². The summed E-state index contributed by atoms with van der Waals surface area (Å²) in [6, 6.07) is 11.5. The topological polar surface area (TPSA) is 62.6 Å². The van der Waals surface area contributed by atoms with Crippen LogP contribution in [-0.2, 0) is 16.1 Å². The van der Waals surface area contributed by atoms with Gasteiger partial charge in [-0.25, -0.2) is 0 Å². The number of benzene rings is 1. The molecule has 1 aliphatic heterocycles. The van der Waals surface area contributed by atoms with Crippen LogP contribution >= 0.6 is 0 Å². The first-order valence-corrected chi connectivity index (χ1v) is 8.11. The van der Waals surface area contributed by atoms with Crippen molar-refractivity contribution >= 4 is 11.8 Å². The van der Waals surface area contributed by atoms with E-state index >= 15 is 0 Å². The third-order valence-electron chi connectivity index (χ3n) is 4.57. The molecule has 0 spiro atoms. The summed E-state index contributed by atoms with van der Waals surface area (Å²) in [6.45, 7) is 4.22. The number of likely N-dealkylation sites (tertiary alicyclic amines) is 1. The van der Waals surface area contributed by atoms with Gasteiger partial charge in [-0.2, -0.15) is 0 Å². The lowest BCUT2D eigenvalue weighted by Crippen LogP contribution is -2.34. The Bertz CT molecular complexity index is 748. The molecule has 1 saturated heterocycles. The van der Waals surface area contributed by atoms with Crippen LogP contribution in [-0.4, -0.2) is 23.8 Å². The molecule has 1 N–H and O–H groups in total. The Balaban J connectivity index is 1.75. The Hall–Kier alpha value is -2.56. The highest BCUT2D eigenvalue weighted by Crippen LogP contribution is 2.37. The van der Waals surface area contributed by atoms with E-state index in [0.717, 1.165) is 16.9 Å². The van der Waals surface area contributed by atoms with Crippen molar-refractivity contribution in [1.82, 2.24) is 10.2 Å². The number of amides is 2. The molecule has 5 heteroatoms. The molecule has 0 radical (unpaired) electrons. The largest absolute Gasteiger partial charge is 0.465 e. The third kappa shape index (κ3) is 3.20. The molecule has 126 valence electrons. The SMILES string of the molecule is Cc1ccc([C@@H]2[C@H](C(=O)NCc3ccc(C)o3)CC(=O)N2C)cc1. The Morgan fingerprint density at radius 2 is 1.92 bits per heavy atom. The summed E-state index contributed by atoms with van der Waals surface area (Å²) >= 11 is 0. The minimum absolute atomic E-state index is 0.00503. The fourth-order valence-corrected chi connectivity index (χ4v) is 3.21. The second kappa shape index (κ2) is 6.51. The van der Waals surface area contributed by atoms with Crippen LogP contribution in [0.1, 0.15) is 35.1 Å². The molecule has 2 heterocycles. The summed E-state index contributed by atoms with van der Waals surface area (Å²) in [5, 5.41) is 2.89. The summed E-state index contributed by atoms with van der Waals surface area (Å²) in [4.78, 5) is 26.5. The van der Waals surface area contributed by atoms with E-state index in [1.54, 1.807) is 11.9 Å². The number of rotatable bonds is 4. The van der Waals surface area contributed by atoms with Gasteiger partial charge >= 0.3 is 0 Å². The zero-order valence-electron chi connectivity index (χ0n) is 14.2. The van der Waals surface area contributed by atoms with Gasteiger partial charge in [0.05, 0.1) is 18.5 Å². The Kier molecular flexibility index (Phi) is 4.42. The molecule has 2 atom stereocenters. The lowest BCUT2D eigenvalue weighted by Gasteiger charge is -2.25. The van der Waals surface area contributed by atoms with E-state index in [4.69, 9.17) is 4.42 Å². The zero-order valence-corrected chi connectivity index (χ0v) is 14.2. The molecule has 1 aromatic carbocycles. The van der Waals surface area contributed by atoms with Crippen molar-refractivity contribution in [3.63, 3.8) is 0 Å². The zero-order chi connectivity index (χ0) is 17.3. The van der Waals surface area contributed by atoms with E-state index in [2.05, 4.69) is 5.32 Å². The number of nitrogens with zero attached hydrogens (tertiary/aromatic N) is 1. The third-order valence-corrected chi connectivity index (χ3v) is 4.57. The summed E-state index contributed by atoms with van der Waals surface area (Å²) in [5.41, 5.74) is 2.14. The minimum Gasteiger partial charge on any atom is -0.465 e. The average Bonchev–Trinajstić information content (AvgIpc) is 3.10. The molecule has 1 aliphatic rings. The fraction of sp³-hybridized carbons (Fsp3) is 0.368. The van der Waals surface area contributed by atoms with Crippen LogP contribution in [0, 0.1) is 19.8 Å². The summed E-state index contributed by atoms with van der Waals surface area (Å²) in [6.07, 6.45) is 0.234. The summed E-state index contributed by atoms with van der Waals surface area (Å²) in [7, 11) is 1.76. The summed E-state index contributed by atoms with van der Waals surface area (Å²) in [5.74, 6) is 1.01. The molecular weight excluding hydrogens is 304 g/mol. The summed E-state index contributed by atoms with van der Waals surface area (Å²) < 4.78 is 5.47. The molecule has 2 amide bonds. The van der Waals surface area contributed by atoms with Gasteiger partial charge in [0.25, 0.3) is 0 Å². The number of carbonyl (C=O) groups is 2. The number of carbonyl (C=O) groups excluding carboxylic acids is 2. The molecule has 24 heavy (non-hydrogen) atoms. The maximum Gasteiger partial charge on any atom is 0.226 e. The molecule has 5 nitrogen and oxygen atoms in total. The van der Waals surface area contributed by atoms with Gasteiger partial charge in [0.1, 0.15) is 11.5 Å². The fourth-order valence-electron chi connectivity index (χ4n) is 3.21. The average molecular weight is 326 g/mol. The van der Waals surface area contributed by atoms with Crippen LogP contribution in [0.2, 0.25) is 0 Å². The number of nitrogens with one attached hydrogen (secondary N) is 1. The van der Waals surface area contributed by atoms with Crippen molar-refractivity contribution in [3.05, 3.63) is 59.0 Å². The van der Waals surface area contributed by atoms with Crippen molar-refractivity contribution in [2.24, 2.45) is 5.92 Å². The van der Waals surface area contributed by atoms with Gasteiger partial charge in [0.15, 0.2) is 0 Å². The maximum absolute atomic E-state index is 12.6. The van der Waals surface area contributed by atoms with Crippen molar-refractivity contribution in [2.75, 3.05) is 7.05 Å². The van der Waals surface area contributed by atoms with Gasteiger partial charge in [-0.15, -0.1) is 0 Å². The van der Waals surface area contributed by atoms with E-state index in [1.807, 2.05) is 50.2 Å². The first-order chi connectivity index (χ1) is 11.5. The first-order valence-electron chi connectivity index (χ1n) is 8.11. The quantitative estimate of drug-likeness (QED) is 0.940. The van der Waals surface area contributed by atoms with Crippen LogP contribution in [0.4, 0.5) is 0 Å². The van der Waals surface area contributed by atoms with Gasteiger partial charge < -0.3 is 14.6 Å². The molecule has 0 saturated carbocycles. The monoisotopic (exact) mass is 326 g/mol. The Morgan fingerprint density at radius 3 is 2.54 bits per heavy atom. The number of hydrogen-bond donors (Lipinski definition) is 1. The van der Waals surface area contributed by atoms with E-state index in [-0.39, 0.29) is 30.2 Å². The predicted molar refractivity (Wildman–Crippen MR) is 90.1 cm³/mol. The Morgan fingerprint density at radius 1 is 1.21 bits per heavy atom. The van der Waals surface area contributed by atoms with Crippen LogP contribution < -0.4 is 5.32 Å². The van der Waals surface area contributed by atoms with Crippen LogP contribution in [0.25, 0.3) is 0 Å². The van der Waals surface area contributed by atoms with Crippen molar-refractivity contribution in [3.8, 4) is 0 Å². The van der Waals surface area contributed by atoms with E-state index in [1.165, 1.54) is 0 Å². The molecular formula is C19H22N2O3. The highest BCUT2D eigenvalue weighted by atomic mass is 16.3. The van der Waals surface area contributed by atoms with Gasteiger partial charge in [0.2, 0.25) is 11.8 Å². The number of hydrogen-bond acceptors (Lipinski definition) is 3. The lowest BCUT2D eigenvalue weighted by atomic mass is 9.92. The highest BCUT2D eigenvalue weighted by Gasteiger charge is 2.42. The van der Waals surface area contributed by atoms with Crippen LogP contribution in [0.15, 0.2) is 40.8 Å². The number of aryl methyl sites for hydroxylation is 2. The molecule has 1 fully saturated rings. The van der Waals surface area contributed by atoms with Crippen molar-refractivity contribution in [2.45, 2.75) is 32.9 Å². The normalized spacial score (nSPS) is 20.5. The highest BCUT2D eigenvalue weighted by molar-refractivity contribution is 5.90. The van der Waals surface area contributed by atoms with Gasteiger partial charge in [-0.05, 0) is 31.5 Å². The molecule has 2 aromatic rings. The minimum atomic E-state index is -0.388. The number of furan rings is 1. The molecule has 1 aromatic heterocycles. The van der Waals surface area contributed by atoms with E-state index < -0.39 is 0 Å². The second-order valence-corrected chi connectivity index (χ2v) is 6.40. The maximum atomic E-state index is 12.6. The lowest BCUT2D eigenvalue weighted by molar-refractivity contribution is -0.128. The van der Waals surface area contributed by atoms with Gasteiger partial charge in [-0.1, -0.05) is 29.8 Å². The Labute approximate surface area is 141 Å². The van der Waals surface area contributed by atoms with Gasteiger partial charge in [0, 0.05) is 13.5 Å². The molecule has 0 bridgehead atoms. The van der Waals surface area contributed by atoms with E-state index in [0.29, 0.717) is 12.3 Å². The van der Waals surface area contributed by atoms with Crippen molar-refractivity contribution < 1.29 is 14.0 Å². The predicted octanol–water partition coefficient (Wildman–Crippen LogP) is 2.73.